The first kappa shape index (κ1) is 21.5. The normalized spacial score (nSPS) is 10.1. The zero-order valence-electron chi connectivity index (χ0n) is 15.1. The number of carbonyl (C=O) groups is 1. The van der Waals surface area contributed by atoms with Crippen molar-refractivity contribution < 1.29 is 19.0 Å². The van der Waals surface area contributed by atoms with E-state index in [2.05, 4.69) is 13.5 Å². The van der Waals surface area contributed by atoms with E-state index in [0.29, 0.717) is 17.9 Å². The summed E-state index contributed by atoms with van der Waals surface area (Å²) in [7, 11) is 1.54. The zero-order valence-corrected chi connectivity index (χ0v) is 15.1. The minimum absolute atomic E-state index is 0. The SMILES string of the molecule is C.C=C(CC)c1ccn(-c2ccc(C(=O)OCCC)c(OCOC)c2)c1. The first-order valence-electron chi connectivity index (χ1n) is 8.40. The zero-order chi connectivity index (χ0) is 18.2. The maximum atomic E-state index is 12.2. The summed E-state index contributed by atoms with van der Waals surface area (Å²) in [4.78, 5) is 12.2. The van der Waals surface area contributed by atoms with E-state index in [1.807, 2.05) is 36.0 Å². The van der Waals surface area contributed by atoms with Gasteiger partial charge < -0.3 is 18.8 Å². The summed E-state index contributed by atoms with van der Waals surface area (Å²) in [5, 5.41) is 0. The summed E-state index contributed by atoms with van der Waals surface area (Å²) >= 11 is 0. The molecule has 26 heavy (non-hydrogen) atoms. The van der Waals surface area contributed by atoms with Gasteiger partial charge in [-0.05, 0) is 42.2 Å². The van der Waals surface area contributed by atoms with Crippen LogP contribution in [0.1, 0.15) is 50.0 Å². The standard InChI is InChI=1S/C20H25NO4.CH4/c1-5-11-24-20(22)18-8-7-17(12-19(18)25-14-23-4)21-10-9-16(13-21)15(3)6-2;/h7-10,12-13H,3,5-6,11,14H2,1-2,4H3;1H4. The van der Waals surface area contributed by atoms with Crippen LogP contribution in [0, 0.1) is 0 Å². The van der Waals surface area contributed by atoms with Gasteiger partial charge >= 0.3 is 5.97 Å². The lowest BCUT2D eigenvalue weighted by Gasteiger charge is -2.13. The molecule has 0 amide bonds. The van der Waals surface area contributed by atoms with Crippen molar-refractivity contribution in [1.29, 1.82) is 0 Å². The van der Waals surface area contributed by atoms with Crippen molar-refractivity contribution in [3.8, 4) is 11.4 Å². The number of esters is 1. The van der Waals surface area contributed by atoms with Gasteiger partial charge in [-0.2, -0.15) is 0 Å². The molecule has 0 saturated carbocycles. The molecule has 0 spiro atoms. The summed E-state index contributed by atoms with van der Waals surface area (Å²) < 4.78 is 17.7. The molecule has 5 nitrogen and oxygen atoms in total. The Bertz CT molecular complexity index is 733. The van der Waals surface area contributed by atoms with Gasteiger partial charge in [0.15, 0.2) is 6.79 Å². The quantitative estimate of drug-likeness (QED) is 0.462. The number of hydrogen-bond acceptors (Lipinski definition) is 4. The Morgan fingerprint density at radius 2 is 2.00 bits per heavy atom. The van der Waals surface area contributed by atoms with Crippen LogP contribution in [0.5, 0.6) is 5.75 Å². The lowest BCUT2D eigenvalue weighted by atomic mass is 10.1. The van der Waals surface area contributed by atoms with E-state index in [0.717, 1.165) is 29.7 Å². The molecule has 5 heteroatoms. The van der Waals surface area contributed by atoms with Crippen LogP contribution >= 0.6 is 0 Å². The van der Waals surface area contributed by atoms with Crippen LogP contribution in [0.15, 0.2) is 43.2 Å². The van der Waals surface area contributed by atoms with Gasteiger partial charge in [0.2, 0.25) is 0 Å². The van der Waals surface area contributed by atoms with Gasteiger partial charge in [0.05, 0.1) is 6.61 Å². The Morgan fingerprint density at radius 1 is 1.23 bits per heavy atom. The highest BCUT2D eigenvalue weighted by Gasteiger charge is 2.15. The fourth-order valence-corrected chi connectivity index (χ4v) is 2.32. The van der Waals surface area contributed by atoms with Crippen molar-refractivity contribution in [1.82, 2.24) is 4.57 Å². The molecule has 1 aromatic heterocycles. The van der Waals surface area contributed by atoms with Crippen LogP contribution in [0.2, 0.25) is 0 Å². The number of benzene rings is 1. The van der Waals surface area contributed by atoms with E-state index in [9.17, 15) is 4.79 Å². The molecule has 142 valence electrons. The predicted molar refractivity (Wildman–Crippen MR) is 105 cm³/mol. The van der Waals surface area contributed by atoms with Crippen molar-refractivity contribution in [2.24, 2.45) is 0 Å². The molecule has 0 unspecified atom stereocenters. The second-order valence-electron chi connectivity index (χ2n) is 5.63. The maximum absolute atomic E-state index is 12.2. The van der Waals surface area contributed by atoms with Gasteiger partial charge in [0.1, 0.15) is 11.3 Å². The second-order valence-corrected chi connectivity index (χ2v) is 5.63. The van der Waals surface area contributed by atoms with Crippen molar-refractivity contribution in [2.75, 3.05) is 20.5 Å². The third-order valence-corrected chi connectivity index (χ3v) is 3.78. The molecule has 0 fully saturated rings. The number of carbonyl (C=O) groups excluding carboxylic acids is 1. The Labute approximate surface area is 156 Å². The molecular weight excluding hydrogens is 330 g/mol. The van der Waals surface area contributed by atoms with E-state index in [1.165, 1.54) is 7.11 Å². The monoisotopic (exact) mass is 359 g/mol. The summed E-state index contributed by atoms with van der Waals surface area (Å²) in [5.74, 6) is 0.0390. The summed E-state index contributed by atoms with van der Waals surface area (Å²) in [6, 6.07) is 7.40. The molecule has 0 aliphatic heterocycles. The first-order valence-corrected chi connectivity index (χ1v) is 8.40. The molecule has 0 N–H and O–H groups in total. The average molecular weight is 359 g/mol. The minimum Gasteiger partial charge on any atom is -0.467 e. The highest BCUT2D eigenvalue weighted by Crippen LogP contribution is 2.25. The molecule has 0 radical (unpaired) electrons. The van der Waals surface area contributed by atoms with Crippen LogP contribution in [0.4, 0.5) is 0 Å². The Hall–Kier alpha value is -2.53. The second kappa shape index (κ2) is 10.5. The predicted octanol–water partition coefficient (Wildman–Crippen LogP) is 5.09. The van der Waals surface area contributed by atoms with Gasteiger partial charge in [0, 0.05) is 31.3 Å². The number of nitrogens with zero attached hydrogens (tertiary/aromatic N) is 1. The Kier molecular flexibility index (Phi) is 8.65. The van der Waals surface area contributed by atoms with E-state index in [-0.39, 0.29) is 14.2 Å². The lowest BCUT2D eigenvalue weighted by molar-refractivity contribution is 0.0427. The third-order valence-electron chi connectivity index (χ3n) is 3.78. The molecule has 1 aromatic carbocycles. The molecular formula is C21H29NO4. The van der Waals surface area contributed by atoms with Crippen molar-refractivity contribution in [3.63, 3.8) is 0 Å². The Balaban J connectivity index is 0.00000338. The lowest BCUT2D eigenvalue weighted by Crippen LogP contribution is -2.10. The average Bonchev–Trinajstić information content (AvgIpc) is 3.13. The van der Waals surface area contributed by atoms with Crippen LogP contribution in [0.3, 0.4) is 0 Å². The molecule has 0 aliphatic rings. The molecule has 2 aromatic rings. The number of methoxy groups -OCH3 is 1. The van der Waals surface area contributed by atoms with Gasteiger partial charge in [-0.1, -0.05) is 27.9 Å². The van der Waals surface area contributed by atoms with Crippen LogP contribution in [-0.4, -0.2) is 31.0 Å². The number of allylic oxidation sites excluding steroid dienone is 1. The maximum Gasteiger partial charge on any atom is 0.341 e. The van der Waals surface area contributed by atoms with E-state index >= 15 is 0 Å². The topological polar surface area (TPSA) is 49.7 Å². The van der Waals surface area contributed by atoms with Crippen LogP contribution in [0.25, 0.3) is 11.3 Å². The molecule has 0 atom stereocenters. The number of rotatable bonds is 9. The van der Waals surface area contributed by atoms with Crippen LogP contribution < -0.4 is 4.74 Å². The fourth-order valence-electron chi connectivity index (χ4n) is 2.32. The number of hydrogen-bond donors (Lipinski definition) is 0. The summed E-state index contributed by atoms with van der Waals surface area (Å²) in [5.41, 5.74) is 3.44. The number of ether oxygens (including phenoxy) is 3. The largest absolute Gasteiger partial charge is 0.467 e. The van der Waals surface area contributed by atoms with Crippen molar-refractivity contribution in [3.05, 3.63) is 54.4 Å². The van der Waals surface area contributed by atoms with Gasteiger partial charge in [-0.25, -0.2) is 4.79 Å². The number of aromatic nitrogens is 1. The summed E-state index contributed by atoms with van der Waals surface area (Å²) in [6.07, 6.45) is 5.64. The van der Waals surface area contributed by atoms with Gasteiger partial charge in [-0.15, -0.1) is 0 Å². The molecule has 1 heterocycles. The fraction of sp³-hybridized carbons (Fsp3) is 0.381. The Morgan fingerprint density at radius 3 is 2.65 bits per heavy atom. The van der Waals surface area contributed by atoms with E-state index in [4.69, 9.17) is 14.2 Å². The van der Waals surface area contributed by atoms with E-state index < -0.39 is 5.97 Å². The highest BCUT2D eigenvalue weighted by molar-refractivity contribution is 5.93. The van der Waals surface area contributed by atoms with Crippen molar-refractivity contribution in [2.45, 2.75) is 34.1 Å². The van der Waals surface area contributed by atoms with Gasteiger partial charge in [0.25, 0.3) is 0 Å². The summed E-state index contributed by atoms with van der Waals surface area (Å²) in [6.45, 7) is 8.52. The molecule has 0 bridgehead atoms. The highest BCUT2D eigenvalue weighted by atomic mass is 16.7. The molecule has 0 aliphatic carbocycles. The third kappa shape index (κ3) is 5.23. The first-order chi connectivity index (χ1) is 12.1. The van der Waals surface area contributed by atoms with Crippen LogP contribution in [-0.2, 0) is 9.47 Å². The molecule has 2 rings (SSSR count). The minimum atomic E-state index is -0.396. The van der Waals surface area contributed by atoms with Crippen molar-refractivity contribution >= 4 is 11.5 Å². The van der Waals surface area contributed by atoms with E-state index in [1.54, 1.807) is 12.1 Å². The smallest absolute Gasteiger partial charge is 0.341 e. The van der Waals surface area contributed by atoms with Gasteiger partial charge in [-0.3, -0.25) is 0 Å². The molecule has 0 saturated heterocycles.